The van der Waals surface area contributed by atoms with E-state index in [0.29, 0.717) is 0 Å². The number of aromatic nitrogens is 1. The van der Waals surface area contributed by atoms with Crippen LogP contribution in [0.1, 0.15) is 55.0 Å². The quantitative estimate of drug-likeness (QED) is 0.822. The van der Waals surface area contributed by atoms with Gasteiger partial charge in [-0.15, -0.1) is 0 Å². The van der Waals surface area contributed by atoms with E-state index in [1.54, 1.807) is 0 Å². The topological polar surface area (TPSA) is 64.9 Å². The van der Waals surface area contributed by atoms with E-state index in [9.17, 15) is 0 Å². The summed E-state index contributed by atoms with van der Waals surface area (Å²) in [5, 5.41) is 1.91. The Balaban J connectivity index is 2.08. The highest BCUT2D eigenvalue weighted by atomic mass is 35.5. The molecule has 118 valence electrons. The highest BCUT2D eigenvalue weighted by Crippen LogP contribution is 2.34. The average Bonchev–Trinajstić information content (AvgIpc) is 2.52. The van der Waals surface area contributed by atoms with Crippen molar-refractivity contribution in [2.75, 3.05) is 6.54 Å². The number of nitrogens with two attached hydrogens (primary N) is 2. The summed E-state index contributed by atoms with van der Waals surface area (Å²) in [6.07, 6.45) is 7.69. The van der Waals surface area contributed by atoms with E-state index >= 15 is 0 Å². The molecule has 4 N–H and O–H groups in total. The monoisotopic (exact) mass is 317 g/mol. The minimum atomic E-state index is 0.0603. The molecule has 1 atom stereocenters. The predicted octanol–water partition coefficient (Wildman–Crippen LogP) is 3.90. The molecule has 22 heavy (non-hydrogen) atoms. The van der Waals surface area contributed by atoms with Crippen LogP contribution in [0.2, 0.25) is 5.02 Å². The number of benzene rings is 1. The van der Waals surface area contributed by atoms with E-state index in [-0.39, 0.29) is 6.04 Å². The molecule has 1 aromatic heterocycles. The molecule has 1 aliphatic rings. The average molecular weight is 318 g/mol. The van der Waals surface area contributed by atoms with Gasteiger partial charge in [-0.2, -0.15) is 0 Å². The van der Waals surface area contributed by atoms with Crippen LogP contribution in [-0.2, 0) is 12.8 Å². The number of rotatable bonds is 5. The molecule has 1 aromatic carbocycles. The van der Waals surface area contributed by atoms with Gasteiger partial charge in [-0.1, -0.05) is 24.1 Å². The van der Waals surface area contributed by atoms with Gasteiger partial charge in [-0.05, 0) is 68.3 Å². The van der Waals surface area contributed by atoms with Crippen molar-refractivity contribution in [3.05, 3.63) is 40.0 Å². The first-order valence-electron chi connectivity index (χ1n) is 8.27. The molecule has 0 bridgehead atoms. The van der Waals surface area contributed by atoms with Crippen molar-refractivity contribution in [3.8, 4) is 0 Å². The normalized spacial score (nSPS) is 15.8. The molecule has 0 fully saturated rings. The molecule has 3 rings (SSSR count). The maximum Gasteiger partial charge on any atom is 0.0723 e. The molecule has 1 heterocycles. The molecule has 1 unspecified atom stereocenters. The first kappa shape index (κ1) is 15.7. The van der Waals surface area contributed by atoms with E-state index in [2.05, 4.69) is 6.07 Å². The van der Waals surface area contributed by atoms with Crippen molar-refractivity contribution in [1.29, 1.82) is 0 Å². The van der Waals surface area contributed by atoms with Crippen molar-refractivity contribution in [2.24, 2.45) is 11.5 Å². The fraction of sp³-hybridized carbons (Fsp3) is 0.500. The van der Waals surface area contributed by atoms with E-state index < -0.39 is 0 Å². The second-order valence-electron chi connectivity index (χ2n) is 6.21. The van der Waals surface area contributed by atoms with Crippen LogP contribution in [0, 0.1) is 0 Å². The maximum atomic E-state index is 6.56. The molecule has 0 radical (unpaired) electrons. The third-order valence-corrected chi connectivity index (χ3v) is 4.84. The summed E-state index contributed by atoms with van der Waals surface area (Å²) >= 11 is 6.15. The molecule has 2 aromatic rings. The van der Waals surface area contributed by atoms with Crippen LogP contribution in [0.3, 0.4) is 0 Å². The second-order valence-corrected chi connectivity index (χ2v) is 6.65. The van der Waals surface area contributed by atoms with Crippen LogP contribution in [0.4, 0.5) is 0 Å². The Bertz CT molecular complexity index is 669. The highest BCUT2D eigenvalue weighted by Gasteiger charge is 2.21. The molecule has 0 saturated carbocycles. The molecular formula is C18H24ClN3. The largest absolute Gasteiger partial charge is 0.330 e. The lowest BCUT2D eigenvalue weighted by Crippen LogP contribution is -2.18. The predicted molar refractivity (Wildman–Crippen MR) is 93.2 cm³/mol. The summed E-state index contributed by atoms with van der Waals surface area (Å²) < 4.78 is 0. The number of nitrogens with zero attached hydrogens (tertiary/aromatic N) is 1. The van der Waals surface area contributed by atoms with Gasteiger partial charge in [0.25, 0.3) is 0 Å². The molecule has 0 saturated heterocycles. The standard InChI is InChI=1S/C18H24ClN3/c19-12-8-9-14-17(11-12)22-16-7-2-1-5-13(16)18(14)15(21)6-3-4-10-20/h8-9,11,15H,1-7,10,20-21H2. The number of aryl methyl sites for hydroxylation is 1. The van der Waals surface area contributed by atoms with Gasteiger partial charge in [-0.25, -0.2) is 0 Å². The Morgan fingerprint density at radius 2 is 2.00 bits per heavy atom. The summed E-state index contributed by atoms with van der Waals surface area (Å²) in [7, 11) is 0. The van der Waals surface area contributed by atoms with Gasteiger partial charge in [0, 0.05) is 22.1 Å². The molecule has 4 heteroatoms. The maximum absolute atomic E-state index is 6.56. The van der Waals surface area contributed by atoms with Crippen molar-refractivity contribution >= 4 is 22.5 Å². The summed E-state index contributed by atoms with van der Waals surface area (Å²) in [5.74, 6) is 0. The van der Waals surface area contributed by atoms with Crippen LogP contribution in [0.15, 0.2) is 18.2 Å². The second kappa shape index (κ2) is 6.95. The number of fused-ring (bicyclic) bond motifs is 2. The summed E-state index contributed by atoms with van der Waals surface area (Å²) in [6, 6.07) is 6.04. The van der Waals surface area contributed by atoms with Crippen molar-refractivity contribution in [2.45, 2.75) is 51.0 Å². The molecule has 0 aliphatic heterocycles. The highest BCUT2D eigenvalue weighted by molar-refractivity contribution is 6.31. The lowest BCUT2D eigenvalue weighted by atomic mass is 9.85. The van der Waals surface area contributed by atoms with Gasteiger partial charge in [0.05, 0.1) is 5.52 Å². The van der Waals surface area contributed by atoms with Crippen LogP contribution >= 0.6 is 11.6 Å². The van der Waals surface area contributed by atoms with Crippen LogP contribution in [0.5, 0.6) is 0 Å². The minimum absolute atomic E-state index is 0.0603. The number of halogens is 1. The third kappa shape index (κ3) is 3.12. The summed E-state index contributed by atoms with van der Waals surface area (Å²) in [4.78, 5) is 4.86. The van der Waals surface area contributed by atoms with Crippen molar-refractivity contribution < 1.29 is 0 Å². The fourth-order valence-corrected chi connectivity index (χ4v) is 3.68. The number of hydrogen-bond donors (Lipinski definition) is 2. The van der Waals surface area contributed by atoms with E-state index in [4.69, 9.17) is 28.1 Å². The van der Waals surface area contributed by atoms with Gasteiger partial charge >= 0.3 is 0 Å². The van der Waals surface area contributed by atoms with E-state index in [0.717, 1.165) is 49.2 Å². The van der Waals surface area contributed by atoms with Crippen LogP contribution < -0.4 is 11.5 Å². The van der Waals surface area contributed by atoms with Gasteiger partial charge in [0.1, 0.15) is 0 Å². The SMILES string of the molecule is NCCCCC(N)c1c2c(nc3cc(Cl)ccc13)CCCC2. The Hall–Kier alpha value is -1.16. The lowest BCUT2D eigenvalue weighted by Gasteiger charge is -2.24. The van der Waals surface area contributed by atoms with Gasteiger partial charge in [0.2, 0.25) is 0 Å². The zero-order chi connectivity index (χ0) is 15.5. The van der Waals surface area contributed by atoms with Gasteiger partial charge in [0.15, 0.2) is 0 Å². The Morgan fingerprint density at radius 3 is 2.82 bits per heavy atom. The van der Waals surface area contributed by atoms with Crippen LogP contribution in [-0.4, -0.2) is 11.5 Å². The molecule has 0 spiro atoms. The van der Waals surface area contributed by atoms with Crippen LogP contribution in [0.25, 0.3) is 10.9 Å². The third-order valence-electron chi connectivity index (χ3n) is 4.61. The summed E-state index contributed by atoms with van der Waals surface area (Å²) in [6.45, 7) is 0.734. The Kier molecular flexibility index (Phi) is 4.97. The molecule has 3 nitrogen and oxygen atoms in total. The van der Waals surface area contributed by atoms with Gasteiger partial charge < -0.3 is 11.5 Å². The van der Waals surface area contributed by atoms with Gasteiger partial charge in [-0.3, -0.25) is 4.98 Å². The van der Waals surface area contributed by atoms with Crippen molar-refractivity contribution in [3.63, 3.8) is 0 Å². The smallest absolute Gasteiger partial charge is 0.0723 e. The molecule has 0 amide bonds. The fourth-order valence-electron chi connectivity index (χ4n) is 3.51. The Morgan fingerprint density at radius 1 is 1.18 bits per heavy atom. The zero-order valence-electron chi connectivity index (χ0n) is 12.9. The molecule has 1 aliphatic carbocycles. The number of hydrogen-bond acceptors (Lipinski definition) is 3. The Labute approximate surface area is 137 Å². The molecular weight excluding hydrogens is 294 g/mol. The number of unbranched alkanes of at least 4 members (excludes halogenated alkanes) is 1. The zero-order valence-corrected chi connectivity index (χ0v) is 13.7. The van der Waals surface area contributed by atoms with E-state index in [1.165, 1.54) is 35.0 Å². The summed E-state index contributed by atoms with van der Waals surface area (Å²) in [5.41, 5.74) is 17.1. The van der Waals surface area contributed by atoms with E-state index in [1.807, 2.05) is 12.1 Å². The number of pyridine rings is 1. The van der Waals surface area contributed by atoms with Crippen molar-refractivity contribution in [1.82, 2.24) is 4.98 Å². The minimum Gasteiger partial charge on any atom is -0.330 e. The lowest BCUT2D eigenvalue weighted by molar-refractivity contribution is 0.579. The first-order valence-corrected chi connectivity index (χ1v) is 8.65. The first-order chi connectivity index (χ1) is 10.7.